The van der Waals surface area contributed by atoms with E-state index >= 15 is 0 Å². The van der Waals surface area contributed by atoms with Gasteiger partial charge in [-0.05, 0) is 31.7 Å². The highest BCUT2D eigenvalue weighted by Crippen LogP contribution is 2.13. The zero-order chi connectivity index (χ0) is 17.0. The third-order valence-corrected chi connectivity index (χ3v) is 4.43. The normalized spacial score (nSPS) is 17.7. The Hall–Kier alpha value is -1.92. The first-order valence-electron chi connectivity index (χ1n) is 7.88. The summed E-state index contributed by atoms with van der Waals surface area (Å²) in [5, 5.41) is 9.04. The fourth-order valence-electron chi connectivity index (χ4n) is 2.61. The average Bonchev–Trinajstić information content (AvgIpc) is 2.55. The Kier molecular flexibility index (Phi) is 5.74. The average molecular weight is 319 g/mol. The smallest absolute Gasteiger partial charge is 0.326 e. The van der Waals surface area contributed by atoms with Gasteiger partial charge >= 0.3 is 5.97 Å². The molecule has 1 aliphatic heterocycles. The van der Waals surface area contributed by atoms with Gasteiger partial charge in [0.05, 0.1) is 0 Å². The second kappa shape index (κ2) is 7.57. The minimum Gasteiger partial charge on any atom is -0.480 e. The molecule has 126 valence electrons. The van der Waals surface area contributed by atoms with E-state index in [0.29, 0.717) is 5.56 Å². The van der Waals surface area contributed by atoms with Crippen LogP contribution < -0.4 is 0 Å². The number of amides is 1. The van der Waals surface area contributed by atoms with Crippen molar-refractivity contribution in [3.05, 3.63) is 35.4 Å². The molecule has 1 saturated heterocycles. The third-order valence-electron chi connectivity index (χ3n) is 4.43. The van der Waals surface area contributed by atoms with E-state index in [1.54, 1.807) is 6.07 Å². The predicted octanol–water partition coefficient (Wildman–Crippen LogP) is 0.979. The maximum Gasteiger partial charge on any atom is 0.326 e. The first-order chi connectivity index (χ1) is 10.9. The zero-order valence-corrected chi connectivity index (χ0v) is 14.0. The van der Waals surface area contributed by atoms with Gasteiger partial charge in [-0.3, -0.25) is 9.69 Å². The lowest BCUT2D eigenvalue weighted by atomic mass is 10.1. The molecule has 0 saturated carbocycles. The first kappa shape index (κ1) is 17.4. The number of carboxylic acid groups (broad SMARTS) is 1. The van der Waals surface area contributed by atoms with E-state index in [9.17, 15) is 9.59 Å². The van der Waals surface area contributed by atoms with Gasteiger partial charge in [-0.2, -0.15) is 0 Å². The largest absolute Gasteiger partial charge is 0.480 e. The van der Waals surface area contributed by atoms with Crippen molar-refractivity contribution in [2.75, 3.05) is 40.3 Å². The first-order valence-corrected chi connectivity index (χ1v) is 7.88. The molecule has 1 N–H and O–H groups in total. The summed E-state index contributed by atoms with van der Waals surface area (Å²) >= 11 is 0. The highest BCUT2D eigenvalue weighted by atomic mass is 16.4. The van der Waals surface area contributed by atoms with Crippen molar-refractivity contribution in [2.24, 2.45) is 0 Å². The number of rotatable bonds is 5. The van der Waals surface area contributed by atoms with Crippen LogP contribution in [0.2, 0.25) is 0 Å². The van der Waals surface area contributed by atoms with E-state index in [1.165, 1.54) is 18.9 Å². The monoisotopic (exact) mass is 319 g/mol. The summed E-state index contributed by atoms with van der Waals surface area (Å²) in [7, 11) is 3.64. The lowest BCUT2D eigenvalue weighted by molar-refractivity contribution is -0.141. The Morgan fingerprint density at radius 3 is 2.52 bits per heavy atom. The second-order valence-corrected chi connectivity index (χ2v) is 6.21. The molecule has 0 bridgehead atoms. The maximum absolute atomic E-state index is 12.4. The summed E-state index contributed by atoms with van der Waals surface area (Å²) in [6.45, 7) is 6.46. The van der Waals surface area contributed by atoms with Crippen molar-refractivity contribution in [3.63, 3.8) is 0 Å². The Labute approximate surface area is 137 Å². The summed E-state index contributed by atoms with van der Waals surface area (Å²) in [6, 6.07) is 6.63. The molecule has 6 heteroatoms. The van der Waals surface area contributed by atoms with Crippen LogP contribution in [0.25, 0.3) is 0 Å². The van der Waals surface area contributed by atoms with E-state index in [1.807, 2.05) is 18.2 Å². The summed E-state index contributed by atoms with van der Waals surface area (Å²) in [4.78, 5) is 29.4. The molecule has 0 spiro atoms. The highest BCUT2D eigenvalue weighted by Gasteiger charge is 2.23. The van der Waals surface area contributed by atoms with Crippen LogP contribution in [0.4, 0.5) is 0 Å². The topological polar surface area (TPSA) is 64.1 Å². The molecule has 23 heavy (non-hydrogen) atoms. The molecule has 1 amide bonds. The molecular formula is C17H25N3O3. The fraction of sp³-hybridized carbons (Fsp3) is 0.529. The summed E-state index contributed by atoms with van der Waals surface area (Å²) in [5.74, 6) is -1.27. The Morgan fingerprint density at radius 1 is 1.26 bits per heavy atom. The van der Waals surface area contributed by atoms with Crippen molar-refractivity contribution in [2.45, 2.75) is 19.5 Å². The van der Waals surface area contributed by atoms with E-state index < -0.39 is 12.0 Å². The van der Waals surface area contributed by atoms with E-state index in [-0.39, 0.29) is 5.91 Å². The molecular weight excluding hydrogens is 294 g/mol. The predicted molar refractivity (Wildman–Crippen MR) is 88.4 cm³/mol. The van der Waals surface area contributed by atoms with E-state index in [4.69, 9.17) is 5.11 Å². The number of carboxylic acids is 1. The minimum atomic E-state index is -1.01. The number of nitrogens with zero attached hydrogens (tertiary/aromatic N) is 3. The van der Waals surface area contributed by atoms with Crippen LogP contribution in [0.5, 0.6) is 0 Å². The quantitative estimate of drug-likeness (QED) is 0.876. The van der Waals surface area contributed by atoms with E-state index in [2.05, 4.69) is 16.8 Å². The SMILES string of the molecule is CC(C(=O)O)N(C)C(=O)c1cccc(CN2CCN(C)CC2)c1. The molecule has 1 aromatic rings. The number of likely N-dealkylation sites (N-methyl/N-ethyl adjacent to an activating group) is 2. The van der Waals surface area contributed by atoms with Crippen molar-refractivity contribution in [1.82, 2.24) is 14.7 Å². The van der Waals surface area contributed by atoms with Crippen molar-refractivity contribution < 1.29 is 14.7 Å². The molecule has 0 aliphatic carbocycles. The summed E-state index contributed by atoms with van der Waals surface area (Å²) in [5.41, 5.74) is 1.61. The molecule has 1 aliphatic rings. The molecule has 1 fully saturated rings. The molecule has 1 aromatic carbocycles. The molecule has 0 radical (unpaired) electrons. The Bertz CT molecular complexity index is 568. The lowest BCUT2D eigenvalue weighted by Crippen LogP contribution is -2.43. The van der Waals surface area contributed by atoms with E-state index in [0.717, 1.165) is 38.3 Å². The molecule has 1 unspecified atom stereocenters. The number of piperazine rings is 1. The molecule has 1 heterocycles. The summed E-state index contributed by atoms with van der Waals surface area (Å²) < 4.78 is 0. The van der Waals surface area contributed by atoms with Crippen LogP contribution in [-0.4, -0.2) is 78.0 Å². The van der Waals surface area contributed by atoms with Gasteiger partial charge in [-0.25, -0.2) is 4.79 Å². The van der Waals surface area contributed by atoms with Gasteiger partial charge in [0.25, 0.3) is 5.91 Å². The zero-order valence-electron chi connectivity index (χ0n) is 14.0. The Balaban J connectivity index is 2.04. The van der Waals surface area contributed by atoms with Gasteiger partial charge in [-0.1, -0.05) is 12.1 Å². The van der Waals surface area contributed by atoms with Crippen LogP contribution in [0.15, 0.2) is 24.3 Å². The van der Waals surface area contributed by atoms with Crippen LogP contribution >= 0.6 is 0 Å². The van der Waals surface area contributed by atoms with Crippen molar-refractivity contribution >= 4 is 11.9 Å². The van der Waals surface area contributed by atoms with Gasteiger partial charge in [0.2, 0.25) is 0 Å². The standard InChI is InChI=1S/C17H25N3O3/c1-13(17(22)23)19(3)16(21)15-6-4-5-14(11-15)12-20-9-7-18(2)8-10-20/h4-6,11,13H,7-10,12H2,1-3H3,(H,22,23). The maximum atomic E-state index is 12.4. The molecule has 1 atom stereocenters. The number of aliphatic carboxylic acids is 1. The van der Waals surface area contributed by atoms with Gasteiger partial charge < -0.3 is 14.9 Å². The van der Waals surface area contributed by atoms with Crippen molar-refractivity contribution in [3.8, 4) is 0 Å². The van der Waals surface area contributed by atoms with Gasteiger partial charge in [-0.15, -0.1) is 0 Å². The number of benzene rings is 1. The lowest BCUT2D eigenvalue weighted by Gasteiger charge is -2.32. The third kappa shape index (κ3) is 4.53. The number of carbonyl (C=O) groups excluding carboxylic acids is 1. The minimum absolute atomic E-state index is 0.264. The van der Waals surface area contributed by atoms with Crippen LogP contribution in [0, 0.1) is 0 Å². The van der Waals surface area contributed by atoms with Crippen LogP contribution in [-0.2, 0) is 11.3 Å². The molecule has 6 nitrogen and oxygen atoms in total. The highest BCUT2D eigenvalue weighted by molar-refractivity contribution is 5.96. The second-order valence-electron chi connectivity index (χ2n) is 6.21. The van der Waals surface area contributed by atoms with Crippen molar-refractivity contribution in [1.29, 1.82) is 0 Å². The van der Waals surface area contributed by atoms with Gasteiger partial charge in [0.1, 0.15) is 6.04 Å². The van der Waals surface area contributed by atoms with Crippen LogP contribution in [0.1, 0.15) is 22.8 Å². The molecule has 0 aromatic heterocycles. The Morgan fingerprint density at radius 2 is 1.91 bits per heavy atom. The van der Waals surface area contributed by atoms with Gasteiger partial charge in [0, 0.05) is 45.3 Å². The summed E-state index contributed by atoms with van der Waals surface area (Å²) in [6.07, 6.45) is 0. The van der Waals surface area contributed by atoms with Gasteiger partial charge in [0.15, 0.2) is 0 Å². The molecule has 2 rings (SSSR count). The van der Waals surface area contributed by atoms with Crippen LogP contribution in [0.3, 0.4) is 0 Å². The number of hydrogen-bond donors (Lipinski definition) is 1. The fourth-order valence-corrected chi connectivity index (χ4v) is 2.61. The number of carbonyl (C=O) groups is 2. The number of hydrogen-bond acceptors (Lipinski definition) is 4.